The van der Waals surface area contributed by atoms with Gasteiger partial charge in [-0.15, -0.1) is 6.58 Å². The summed E-state index contributed by atoms with van der Waals surface area (Å²) in [6.45, 7) is 9.53. The maximum absolute atomic E-state index is 12.3. The lowest BCUT2D eigenvalue weighted by Gasteiger charge is -2.58. The number of rotatable bonds is 6. The Bertz CT molecular complexity index is 1760. The fourth-order valence-electron chi connectivity index (χ4n) is 8.03. The van der Waals surface area contributed by atoms with E-state index in [2.05, 4.69) is 73.1 Å². The van der Waals surface area contributed by atoms with E-state index in [9.17, 15) is 5.11 Å². The van der Waals surface area contributed by atoms with E-state index in [-0.39, 0.29) is 6.04 Å². The highest BCUT2D eigenvalue weighted by Crippen LogP contribution is 2.49. The highest BCUT2D eigenvalue weighted by atomic mass is 16.5. The molecule has 5 atom stereocenters. The zero-order chi connectivity index (χ0) is 27.4. The minimum Gasteiger partial charge on any atom is -0.497 e. The summed E-state index contributed by atoms with van der Waals surface area (Å²) < 4.78 is 6.42. The Hall–Kier alpha value is -3.73. The molecule has 40 heavy (non-hydrogen) atoms. The van der Waals surface area contributed by atoms with Crippen LogP contribution in [-0.4, -0.2) is 40.8 Å². The SMILES string of the molecule is C=CC1C[N@+]2(Cc3c(C)c4ccccc4c4ccccc34)CCC1CC2C(O)c1ccnc2ccc(OC)cc12. The van der Waals surface area contributed by atoms with Crippen molar-refractivity contribution in [2.75, 3.05) is 20.2 Å². The summed E-state index contributed by atoms with van der Waals surface area (Å²) in [4.78, 5) is 4.59. The fourth-order valence-corrected chi connectivity index (χ4v) is 8.03. The van der Waals surface area contributed by atoms with Gasteiger partial charge in [-0.05, 0) is 69.8 Å². The molecule has 4 heterocycles. The zero-order valence-corrected chi connectivity index (χ0v) is 23.4. The first-order valence-electron chi connectivity index (χ1n) is 14.5. The Labute approximate surface area is 236 Å². The number of nitrogens with zero attached hydrogens (tertiary/aromatic N) is 2. The van der Waals surface area contributed by atoms with Crippen LogP contribution in [0.15, 0.2) is 91.6 Å². The standard InChI is InChI=1S/C36H37N2O2/c1-4-24-21-38(22-33-23(2)27-9-5-6-10-28(27)29-11-7-8-12-30(29)33)18-16-25(24)19-35(38)36(39)31-15-17-37-34-14-13-26(40-3)20-32(31)34/h4-15,17,20,24-25,35-36,39H,1,16,18-19,21-22H2,2-3H3/q+1/t24?,25?,35?,36?,38-/m0/s1. The molecular formula is C36H37N2O2+. The summed E-state index contributed by atoms with van der Waals surface area (Å²) in [6, 6.07) is 25.7. The van der Waals surface area contributed by atoms with Crippen LogP contribution >= 0.6 is 0 Å². The van der Waals surface area contributed by atoms with Crippen LogP contribution in [0.2, 0.25) is 0 Å². The molecule has 4 heteroatoms. The van der Waals surface area contributed by atoms with Crippen molar-refractivity contribution in [3.8, 4) is 5.75 Å². The first kappa shape index (κ1) is 25.3. The Balaban J connectivity index is 1.39. The van der Waals surface area contributed by atoms with Crippen molar-refractivity contribution in [1.29, 1.82) is 0 Å². The molecule has 2 bridgehead atoms. The van der Waals surface area contributed by atoms with Gasteiger partial charge in [0.15, 0.2) is 0 Å². The molecule has 3 saturated heterocycles. The molecule has 1 aromatic heterocycles. The molecule has 0 spiro atoms. The minimum absolute atomic E-state index is 0.0939. The average Bonchev–Trinajstić information content (AvgIpc) is 3.02. The van der Waals surface area contributed by atoms with Gasteiger partial charge < -0.3 is 14.3 Å². The number of hydrogen-bond donors (Lipinski definition) is 1. The van der Waals surface area contributed by atoms with E-state index in [1.165, 1.54) is 39.1 Å². The summed E-state index contributed by atoms with van der Waals surface area (Å²) in [5.74, 6) is 1.82. The Morgan fingerprint density at radius 2 is 1.73 bits per heavy atom. The lowest BCUT2D eigenvalue weighted by molar-refractivity contribution is -0.984. The molecule has 4 nitrogen and oxygen atoms in total. The van der Waals surface area contributed by atoms with Gasteiger partial charge in [0.25, 0.3) is 0 Å². The third-order valence-electron chi connectivity index (χ3n) is 10.1. The number of aliphatic hydroxyl groups excluding tert-OH is 1. The van der Waals surface area contributed by atoms with Gasteiger partial charge >= 0.3 is 0 Å². The predicted octanol–water partition coefficient (Wildman–Crippen LogP) is 7.50. The molecule has 1 N–H and O–H groups in total. The Kier molecular flexibility index (Phi) is 6.14. The van der Waals surface area contributed by atoms with E-state index in [1.807, 2.05) is 30.5 Å². The van der Waals surface area contributed by atoms with Crippen molar-refractivity contribution >= 4 is 32.4 Å². The summed E-state index contributed by atoms with van der Waals surface area (Å²) in [7, 11) is 1.69. The maximum Gasteiger partial charge on any atom is 0.131 e. The number of hydrogen-bond acceptors (Lipinski definition) is 3. The number of aliphatic hydroxyl groups is 1. The fraction of sp³-hybridized carbons (Fsp3) is 0.306. The lowest BCUT2D eigenvalue weighted by Crippen LogP contribution is -2.67. The number of methoxy groups -OCH3 is 1. The second kappa shape index (κ2) is 9.72. The monoisotopic (exact) mass is 529 g/mol. The number of aromatic nitrogens is 1. The van der Waals surface area contributed by atoms with Crippen LogP contribution in [0, 0.1) is 18.8 Å². The molecule has 202 valence electrons. The van der Waals surface area contributed by atoms with Crippen LogP contribution in [0.1, 0.15) is 35.6 Å². The van der Waals surface area contributed by atoms with Crippen molar-refractivity contribution in [2.24, 2.45) is 11.8 Å². The average molecular weight is 530 g/mol. The van der Waals surface area contributed by atoms with Gasteiger partial charge in [-0.25, -0.2) is 0 Å². The second-order valence-corrected chi connectivity index (χ2v) is 12.0. The summed E-state index contributed by atoms with van der Waals surface area (Å²) in [5, 5.41) is 18.5. The van der Waals surface area contributed by atoms with Crippen molar-refractivity contribution < 1.29 is 14.3 Å². The highest BCUT2D eigenvalue weighted by Gasteiger charge is 2.54. The van der Waals surface area contributed by atoms with E-state index in [0.717, 1.165) is 52.8 Å². The molecule has 0 saturated carbocycles. The number of fused-ring (bicyclic) bond motifs is 7. The van der Waals surface area contributed by atoms with E-state index >= 15 is 0 Å². The molecule has 4 unspecified atom stereocenters. The third kappa shape index (κ3) is 3.85. The molecule has 3 aliphatic heterocycles. The van der Waals surface area contributed by atoms with Crippen LogP contribution in [0.3, 0.4) is 0 Å². The smallest absolute Gasteiger partial charge is 0.131 e. The van der Waals surface area contributed by atoms with Crippen LogP contribution in [0.4, 0.5) is 0 Å². The Morgan fingerprint density at radius 1 is 1.00 bits per heavy atom. The first-order chi connectivity index (χ1) is 19.5. The molecule has 5 aromatic rings. The number of aryl methyl sites for hydroxylation is 1. The number of benzene rings is 4. The summed E-state index contributed by atoms with van der Waals surface area (Å²) in [5.41, 5.74) is 4.61. The van der Waals surface area contributed by atoms with Gasteiger partial charge in [0.1, 0.15) is 24.4 Å². The molecule has 0 aliphatic carbocycles. The highest BCUT2D eigenvalue weighted by molar-refractivity contribution is 6.10. The zero-order valence-electron chi connectivity index (χ0n) is 23.4. The summed E-state index contributed by atoms with van der Waals surface area (Å²) in [6.07, 6.45) is 5.59. The van der Waals surface area contributed by atoms with Gasteiger partial charge in [0, 0.05) is 35.9 Å². The molecule has 4 aromatic carbocycles. The van der Waals surface area contributed by atoms with E-state index in [0.29, 0.717) is 11.8 Å². The van der Waals surface area contributed by atoms with Gasteiger partial charge in [-0.2, -0.15) is 0 Å². The number of quaternary nitrogens is 1. The number of pyridine rings is 1. The lowest BCUT2D eigenvalue weighted by atomic mass is 9.71. The first-order valence-corrected chi connectivity index (χ1v) is 14.5. The predicted molar refractivity (Wildman–Crippen MR) is 163 cm³/mol. The topological polar surface area (TPSA) is 42.4 Å². The van der Waals surface area contributed by atoms with Crippen molar-refractivity contribution in [3.63, 3.8) is 0 Å². The van der Waals surface area contributed by atoms with Crippen LogP contribution in [0.25, 0.3) is 32.4 Å². The normalized spacial score (nSPS) is 24.9. The minimum atomic E-state index is -0.599. The quantitative estimate of drug-likeness (QED) is 0.141. The van der Waals surface area contributed by atoms with Crippen molar-refractivity contribution in [3.05, 3.63) is 108 Å². The van der Waals surface area contributed by atoms with Crippen LogP contribution in [0.5, 0.6) is 5.75 Å². The Morgan fingerprint density at radius 3 is 2.48 bits per heavy atom. The maximum atomic E-state index is 12.3. The van der Waals surface area contributed by atoms with Gasteiger partial charge in [0.2, 0.25) is 0 Å². The molecule has 0 radical (unpaired) electrons. The van der Waals surface area contributed by atoms with Gasteiger partial charge in [-0.3, -0.25) is 4.98 Å². The number of piperidine rings is 3. The van der Waals surface area contributed by atoms with Gasteiger partial charge in [0.05, 0.1) is 25.7 Å². The van der Waals surface area contributed by atoms with Crippen molar-refractivity contribution in [1.82, 2.24) is 4.98 Å². The van der Waals surface area contributed by atoms with E-state index < -0.39 is 6.10 Å². The largest absolute Gasteiger partial charge is 0.497 e. The van der Waals surface area contributed by atoms with E-state index in [4.69, 9.17) is 4.74 Å². The molecule has 3 fully saturated rings. The van der Waals surface area contributed by atoms with Gasteiger partial charge in [-0.1, -0.05) is 54.6 Å². The van der Waals surface area contributed by atoms with Crippen LogP contribution < -0.4 is 4.74 Å². The molecular weight excluding hydrogens is 492 g/mol. The molecule has 8 rings (SSSR count). The molecule has 0 amide bonds. The third-order valence-corrected chi connectivity index (χ3v) is 10.1. The van der Waals surface area contributed by atoms with E-state index in [1.54, 1.807) is 7.11 Å². The van der Waals surface area contributed by atoms with Crippen LogP contribution in [-0.2, 0) is 6.54 Å². The second-order valence-electron chi connectivity index (χ2n) is 12.0. The van der Waals surface area contributed by atoms with Crippen molar-refractivity contribution in [2.45, 2.75) is 38.5 Å². The number of ether oxygens (including phenoxy) is 1. The molecule has 3 aliphatic rings. The summed E-state index contributed by atoms with van der Waals surface area (Å²) >= 11 is 0.